The standard InChI is InChI=1S/C30H36O2/c1-8-28(31)32-20(3)24-12-10-23-17-21(9-13-25(23)19(24)2)22-11-14-26-27(18-22)30(6,7)16-15-29(26,4)5/h9-14,17-18,20H,8,15-16H2,1-7H3. The van der Waals surface area contributed by atoms with Crippen LogP contribution in [-0.4, -0.2) is 5.97 Å². The number of hydrogen-bond donors (Lipinski definition) is 0. The van der Waals surface area contributed by atoms with Crippen LogP contribution in [0.5, 0.6) is 0 Å². The Morgan fingerprint density at radius 1 is 0.906 bits per heavy atom. The lowest BCUT2D eigenvalue weighted by molar-refractivity contribution is -0.148. The fourth-order valence-corrected chi connectivity index (χ4v) is 5.23. The number of hydrogen-bond acceptors (Lipinski definition) is 2. The van der Waals surface area contributed by atoms with E-state index in [1.165, 1.54) is 51.4 Å². The number of aryl methyl sites for hydroxylation is 1. The van der Waals surface area contributed by atoms with Crippen LogP contribution in [-0.2, 0) is 20.4 Å². The van der Waals surface area contributed by atoms with Crippen molar-refractivity contribution in [3.63, 3.8) is 0 Å². The van der Waals surface area contributed by atoms with Crippen LogP contribution in [0.2, 0.25) is 0 Å². The van der Waals surface area contributed by atoms with Gasteiger partial charge in [-0.3, -0.25) is 4.79 Å². The molecular weight excluding hydrogens is 392 g/mol. The van der Waals surface area contributed by atoms with Crippen molar-refractivity contribution in [2.45, 2.75) is 84.7 Å². The van der Waals surface area contributed by atoms with Crippen LogP contribution in [0.4, 0.5) is 0 Å². The van der Waals surface area contributed by atoms with E-state index in [0.29, 0.717) is 6.42 Å². The highest BCUT2D eigenvalue weighted by atomic mass is 16.5. The third-order valence-electron chi connectivity index (χ3n) is 7.55. The van der Waals surface area contributed by atoms with Crippen LogP contribution in [0.1, 0.15) is 89.2 Å². The Hall–Kier alpha value is -2.61. The summed E-state index contributed by atoms with van der Waals surface area (Å²) < 4.78 is 5.56. The van der Waals surface area contributed by atoms with E-state index in [9.17, 15) is 4.79 Å². The van der Waals surface area contributed by atoms with Crippen molar-refractivity contribution in [1.29, 1.82) is 0 Å². The Bertz CT molecular complexity index is 1180. The van der Waals surface area contributed by atoms with Crippen molar-refractivity contribution in [3.8, 4) is 11.1 Å². The molecule has 1 aliphatic rings. The van der Waals surface area contributed by atoms with Gasteiger partial charge in [0.05, 0.1) is 0 Å². The van der Waals surface area contributed by atoms with Gasteiger partial charge in [0.1, 0.15) is 6.10 Å². The van der Waals surface area contributed by atoms with Crippen LogP contribution >= 0.6 is 0 Å². The summed E-state index contributed by atoms with van der Waals surface area (Å²) in [5.74, 6) is -0.161. The van der Waals surface area contributed by atoms with Crippen LogP contribution < -0.4 is 0 Å². The summed E-state index contributed by atoms with van der Waals surface area (Å²) in [5.41, 5.74) is 8.20. The van der Waals surface area contributed by atoms with Crippen LogP contribution in [0.25, 0.3) is 21.9 Å². The molecule has 1 unspecified atom stereocenters. The van der Waals surface area contributed by atoms with Crippen LogP contribution in [0.3, 0.4) is 0 Å². The average Bonchev–Trinajstić information content (AvgIpc) is 2.76. The highest BCUT2D eigenvalue weighted by Gasteiger charge is 2.36. The van der Waals surface area contributed by atoms with Gasteiger partial charge in [0.25, 0.3) is 0 Å². The number of carbonyl (C=O) groups excluding carboxylic acids is 1. The summed E-state index contributed by atoms with van der Waals surface area (Å²) in [5, 5.41) is 2.43. The van der Waals surface area contributed by atoms with E-state index in [2.05, 4.69) is 83.1 Å². The van der Waals surface area contributed by atoms with E-state index >= 15 is 0 Å². The summed E-state index contributed by atoms with van der Waals surface area (Å²) in [4.78, 5) is 11.7. The van der Waals surface area contributed by atoms with Crippen molar-refractivity contribution >= 4 is 16.7 Å². The maximum atomic E-state index is 11.7. The molecule has 1 aliphatic carbocycles. The molecule has 0 saturated carbocycles. The largest absolute Gasteiger partial charge is 0.458 e. The Morgan fingerprint density at radius 2 is 1.53 bits per heavy atom. The van der Waals surface area contributed by atoms with Crippen LogP contribution in [0.15, 0.2) is 48.5 Å². The molecule has 0 aromatic heterocycles. The molecule has 0 N–H and O–H groups in total. The smallest absolute Gasteiger partial charge is 0.306 e. The van der Waals surface area contributed by atoms with Crippen molar-refractivity contribution in [2.24, 2.45) is 0 Å². The SMILES string of the molecule is CCC(=O)OC(C)c1ccc2cc(-c3ccc4c(c3)C(C)(C)CCC4(C)C)ccc2c1C. The molecular formula is C30H36O2. The zero-order valence-electron chi connectivity index (χ0n) is 20.6. The topological polar surface area (TPSA) is 26.3 Å². The highest BCUT2D eigenvalue weighted by Crippen LogP contribution is 2.47. The van der Waals surface area contributed by atoms with Crippen molar-refractivity contribution in [3.05, 3.63) is 70.8 Å². The second-order valence-electron chi connectivity index (χ2n) is 10.7. The number of rotatable bonds is 4. The lowest BCUT2D eigenvalue weighted by Crippen LogP contribution is -2.33. The zero-order valence-corrected chi connectivity index (χ0v) is 20.6. The molecule has 0 saturated heterocycles. The number of ether oxygens (including phenoxy) is 1. The summed E-state index contributed by atoms with van der Waals surface area (Å²) in [7, 11) is 0. The van der Waals surface area contributed by atoms with Gasteiger partial charge in [-0.1, -0.05) is 77.1 Å². The van der Waals surface area contributed by atoms with Crippen molar-refractivity contribution in [1.82, 2.24) is 0 Å². The summed E-state index contributed by atoms with van der Waals surface area (Å²) in [6.07, 6.45) is 2.61. The fourth-order valence-electron chi connectivity index (χ4n) is 5.23. The predicted molar refractivity (Wildman–Crippen MR) is 134 cm³/mol. The first-order valence-corrected chi connectivity index (χ1v) is 11.9. The van der Waals surface area contributed by atoms with E-state index in [1.807, 2.05) is 13.8 Å². The lowest BCUT2D eigenvalue weighted by atomic mass is 9.63. The van der Waals surface area contributed by atoms with Gasteiger partial charge in [0.2, 0.25) is 0 Å². The first-order chi connectivity index (χ1) is 15.0. The minimum absolute atomic E-state index is 0.161. The highest BCUT2D eigenvalue weighted by molar-refractivity contribution is 5.90. The molecule has 3 aromatic carbocycles. The van der Waals surface area contributed by atoms with Crippen molar-refractivity contribution < 1.29 is 9.53 Å². The van der Waals surface area contributed by atoms with E-state index in [0.717, 1.165) is 5.56 Å². The Kier molecular flexibility index (Phi) is 5.69. The molecule has 0 amide bonds. The molecule has 0 bridgehead atoms. The summed E-state index contributed by atoms with van der Waals surface area (Å²) in [6.45, 7) is 15.4. The molecule has 3 aromatic rings. The van der Waals surface area contributed by atoms with Gasteiger partial charge in [-0.25, -0.2) is 0 Å². The first kappa shape index (κ1) is 22.6. The van der Waals surface area contributed by atoms with Crippen LogP contribution in [0, 0.1) is 6.92 Å². The summed E-state index contributed by atoms with van der Waals surface area (Å²) in [6, 6.07) is 18.1. The van der Waals surface area contributed by atoms with Gasteiger partial charge in [0, 0.05) is 6.42 Å². The van der Waals surface area contributed by atoms with Crippen molar-refractivity contribution in [2.75, 3.05) is 0 Å². The quantitative estimate of drug-likeness (QED) is 0.392. The maximum Gasteiger partial charge on any atom is 0.306 e. The number of benzene rings is 3. The minimum Gasteiger partial charge on any atom is -0.458 e. The van der Waals surface area contributed by atoms with Gasteiger partial charge in [-0.05, 0) is 87.7 Å². The van der Waals surface area contributed by atoms with Gasteiger partial charge < -0.3 is 4.74 Å². The predicted octanol–water partition coefficient (Wildman–Crippen LogP) is 8.18. The molecule has 0 fully saturated rings. The third-order valence-corrected chi connectivity index (χ3v) is 7.55. The second kappa shape index (κ2) is 8.06. The minimum atomic E-state index is -0.238. The molecule has 32 heavy (non-hydrogen) atoms. The average molecular weight is 429 g/mol. The normalized spacial score (nSPS) is 17.6. The number of esters is 1. The van der Waals surface area contributed by atoms with E-state index in [1.54, 1.807) is 0 Å². The molecule has 2 heteroatoms. The monoisotopic (exact) mass is 428 g/mol. The summed E-state index contributed by atoms with van der Waals surface area (Å²) >= 11 is 0. The zero-order chi connectivity index (χ0) is 23.3. The maximum absolute atomic E-state index is 11.7. The first-order valence-electron chi connectivity index (χ1n) is 11.9. The van der Waals surface area contributed by atoms with E-state index in [-0.39, 0.29) is 22.9 Å². The molecule has 2 nitrogen and oxygen atoms in total. The molecule has 168 valence electrons. The Balaban J connectivity index is 1.74. The fraction of sp³-hybridized carbons (Fsp3) is 0.433. The van der Waals surface area contributed by atoms with Gasteiger partial charge in [-0.15, -0.1) is 0 Å². The van der Waals surface area contributed by atoms with Gasteiger partial charge in [0.15, 0.2) is 0 Å². The molecule has 1 atom stereocenters. The Labute approximate surface area is 193 Å². The molecule has 0 spiro atoms. The third kappa shape index (κ3) is 3.96. The van der Waals surface area contributed by atoms with Gasteiger partial charge in [-0.2, -0.15) is 0 Å². The van der Waals surface area contributed by atoms with E-state index < -0.39 is 0 Å². The van der Waals surface area contributed by atoms with Gasteiger partial charge >= 0.3 is 5.97 Å². The number of fused-ring (bicyclic) bond motifs is 2. The van der Waals surface area contributed by atoms with E-state index in [4.69, 9.17) is 4.74 Å². The molecule has 4 rings (SSSR count). The molecule has 0 heterocycles. The lowest BCUT2D eigenvalue weighted by Gasteiger charge is -2.42. The number of carbonyl (C=O) groups is 1. The Morgan fingerprint density at radius 3 is 2.22 bits per heavy atom. The molecule has 0 radical (unpaired) electrons. The second-order valence-corrected chi connectivity index (χ2v) is 10.7. The molecule has 0 aliphatic heterocycles.